The Hall–Kier alpha value is -1.04. The Bertz CT molecular complexity index is 298. The van der Waals surface area contributed by atoms with Gasteiger partial charge in [0.25, 0.3) is 5.89 Å². The fraction of sp³-hybridized carbons (Fsp3) is 0.714. The molecule has 72 valence electrons. The molecule has 1 atom stereocenters. The maximum absolute atomic E-state index is 12.0. The summed E-state index contributed by atoms with van der Waals surface area (Å²) in [7, 11) is 0. The second kappa shape index (κ2) is 3.02. The van der Waals surface area contributed by atoms with Crippen molar-refractivity contribution in [1.82, 2.24) is 10.1 Å². The van der Waals surface area contributed by atoms with Gasteiger partial charge in [0, 0.05) is 0 Å². The van der Waals surface area contributed by atoms with E-state index in [4.69, 9.17) is 5.73 Å². The smallest absolute Gasteiger partial charge is 0.315 e. The van der Waals surface area contributed by atoms with Gasteiger partial charge in [-0.15, -0.1) is 0 Å². The molecule has 4 nitrogen and oxygen atoms in total. The molecule has 1 unspecified atom stereocenters. The van der Waals surface area contributed by atoms with Gasteiger partial charge in [-0.2, -0.15) is 13.8 Å². The van der Waals surface area contributed by atoms with E-state index in [1.54, 1.807) is 0 Å². The zero-order chi connectivity index (χ0) is 9.42. The minimum Gasteiger partial charge on any atom is -0.333 e. The van der Waals surface area contributed by atoms with Gasteiger partial charge in [-0.1, -0.05) is 5.16 Å². The second-order valence-corrected chi connectivity index (χ2v) is 3.15. The first-order chi connectivity index (χ1) is 6.18. The van der Waals surface area contributed by atoms with E-state index >= 15 is 0 Å². The van der Waals surface area contributed by atoms with Crippen molar-refractivity contribution in [3.05, 3.63) is 11.7 Å². The molecule has 2 N–H and O–H groups in total. The summed E-state index contributed by atoms with van der Waals surface area (Å²) in [6.07, 6.45) is -0.688. The molecule has 0 bridgehead atoms. The second-order valence-electron chi connectivity index (χ2n) is 3.15. The van der Waals surface area contributed by atoms with Crippen molar-refractivity contribution in [2.24, 2.45) is 11.7 Å². The number of hydrogen-bond acceptors (Lipinski definition) is 4. The Balaban J connectivity index is 2.11. The number of nitrogens with two attached hydrogens (primary N) is 1. The van der Waals surface area contributed by atoms with E-state index in [1.807, 2.05) is 0 Å². The van der Waals surface area contributed by atoms with Crippen LogP contribution in [0.3, 0.4) is 0 Å². The molecule has 13 heavy (non-hydrogen) atoms. The van der Waals surface area contributed by atoms with Crippen LogP contribution in [0.5, 0.6) is 0 Å². The molecule has 1 aliphatic carbocycles. The summed E-state index contributed by atoms with van der Waals surface area (Å²) >= 11 is 0. The Morgan fingerprint density at radius 1 is 1.46 bits per heavy atom. The first-order valence-electron chi connectivity index (χ1n) is 4.05. The molecule has 0 radical (unpaired) electrons. The highest BCUT2D eigenvalue weighted by Gasteiger charge is 2.33. The van der Waals surface area contributed by atoms with Crippen molar-refractivity contribution in [2.75, 3.05) is 0 Å². The van der Waals surface area contributed by atoms with E-state index in [9.17, 15) is 8.78 Å². The third-order valence-corrected chi connectivity index (χ3v) is 2.07. The predicted octanol–water partition coefficient (Wildman–Crippen LogP) is 1.42. The summed E-state index contributed by atoms with van der Waals surface area (Å²) in [6.45, 7) is 0. The minimum absolute atomic E-state index is 0.192. The molecule has 1 fully saturated rings. The zero-order valence-corrected chi connectivity index (χ0v) is 6.78. The lowest BCUT2D eigenvalue weighted by atomic mass is 10.2. The number of aromatic nitrogens is 2. The number of hydrogen-bond donors (Lipinski definition) is 1. The van der Waals surface area contributed by atoms with Gasteiger partial charge in [0.15, 0.2) is 5.82 Å². The lowest BCUT2D eigenvalue weighted by molar-refractivity contribution is 0.106. The summed E-state index contributed by atoms with van der Waals surface area (Å²) in [5, 5.41) is 3.41. The largest absolute Gasteiger partial charge is 0.333 e. The Morgan fingerprint density at radius 3 is 2.62 bits per heavy atom. The summed E-state index contributed by atoms with van der Waals surface area (Å²) in [4.78, 5) is 3.52. The molecular weight excluding hydrogens is 180 g/mol. The summed E-state index contributed by atoms with van der Waals surface area (Å²) in [5.74, 6) is -0.118. The lowest BCUT2D eigenvalue weighted by Gasteiger charge is -2.01. The van der Waals surface area contributed by atoms with Gasteiger partial charge in [0.2, 0.25) is 0 Å². The maximum atomic E-state index is 12.0. The van der Waals surface area contributed by atoms with Crippen molar-refractivity contribution in [3.63, 3.8) is 0 Å². The van der Waals surface area contributed by atoms with Gasteiger partial charge >= 0.3 is 6.43 Å². The molecular formula is C7H9F2N3O. The normalized spacial score (nSPS) is 19.4. The van der Waals surface area contributed by atoms with Crippen LogP contribution in [0.15, 0.2) is 4.52 Å². The first kappa shape index (κ1) is 8.55. The lowest BCUT2D eigenvalue weighted by Crippen LogP contribution is -2.14. The Kier molecular flexibility index (Phi) is 1.99. The highest BCUT2D eigenvalue weighted by atomic mass is 19.3. The van der Waals surface area contributed by atoms with Crippen molar-refractivity contribution in [1.29, 1.82) is 0 Å². The highest BCUT2D eigenvalue weighted by Crippen LogP contribution is 2.38. The fourth-order valence-corrected chi connectivity index (χ4v) is 1.14. The monoisotopic (exact) mass is 189 g/mol. The number of halogens is 2. The van der Waals surface area contributed by atoms with E-state index in [0.29, 0.717) is 5.92 Å². The van der Waals surface area contributed by atoms with Gasteiger partial charge in [-0.3, -0.25) is 0 Å². The number of nitrogens with zero attached hydrogens (tertiary/aromatic N) is 2. The average molecular weight is 189 g/mol. The molecule has 6 heteroatoms. The van der Waals surface area contributed by atoms with Crippen LogP contribution in [-0.2, 0) is 0 Å². The Morgan fingerprint density at radius 2 is 2.15 bits per heavy atom. The van der Waals surface area contributed by atoms with Crippen LogP contribution < -0.4 is 5.73 Å². The van der Waals surface area contributed by atoms with Crippen molar-refractivity contribution in [2.45, 2.75) is 25.3 Å². The van der Waals surface area contributed by atoms with Crippen LogP contribution in [-0.4, -0.2) is 10.1 Å². The molecule has 0 aliphatic heterocycles. The van der Waals surface area contributed by atoms with Crippen LogP contribution in [0, 0.1) is 5.92 Å². The zero-order valence-electron chi connectivity index (χ0n) is 6.78. The number of alkyl halides is 2. The van der Waals surface area contributed by atoms with E-state index in [0.717, 1.165) is 12.8 Å². The molecule has 0 aromatic carbocycles. The highest BCUT2D eigenvalue weighted by molar-refractivity contribution is 4.99. The maximum Gasteiger partial charge on any atom is 0.315 e. The SMILES string of the molecule is NC(c1noc(C(F)F)n1)C1CC1. The summed E-state index contributed by atoms with van der Waals surface area (Å²) in [6, 6.07) is -0.351. The molecule has 1 heterocycles. The van der Waals surface area contributed by atoms with Gasteiger partial charge in [-0.25, -0.2) is 0 Å². The molecule has 1 saturated carbocycles. The Labute approximate surface area is 73.1 Å². The minimum atomic E-state index is -2.72. The first-order valence-corrected chi connectivity index (χ1v) is 4.05. The quantitative estimate of drug-likeness (QED) is 0.780. The summed E-state index contributed by atoms with van der Waals surface area (Å²) < 4.78 is 28.4. The standard InChI is InChI=1S/C7H9F2N3O/c8-5(9)7-11-6(12-13-7)4(10)3-1-2-3/h3-5H,1-2,10H2. The molecule has 1 aromatic rings. The van der Waals surface area contributed by atoms with E-state index in [2.05, 4.69) is 14.7 Å². The summed E-state index contributed by atoms with van der Waals surface area (Å²) in [5.41, 5.74) is 5.68. The van der Waals surface area contributed by atoms with E-state index in [-0.39, 0.29) is 11.9 Å². The van der Waals surface area contributed by atoms with Crippen molar-refractivity contribution < 1.29 is 13.3 Å². The van der Waals surface area contributed by atoms with Gasteiger partial charge in [-0.05, 0) is 18.8 Å². The molecule has 0 saturated heterocycles. The molecule has 0 spiro atoms. The van der Waals surface area contributed by atoms with E-state index in [1.165, 1.54) is 0 Å². The van der Waals surface area contributed by atoms with Gasteiger partial charge < -0.3 is 10.3 Å². The van der Waals surface area contributed by atoms with Gasteiger partial charge in [0.1, 0.15) is 0 Å². The van der Waals surface area contributed by atoms with Crippen LogP contribution in [0.25, 0.3) is 0 Å². The van der Waals surface area contributed by atoms with Crippen LogP contribution in [0.2, 0.25) is 0 Å². The number of rotatable bonds is 3. The van der Waals surface area contributed by atoms with E-state index < -0.39 is 12.3 Å². The fourth-order valence-electron chi connectivity index (χ4n) is 1.14. The van der Waals surface area contributed by atoms with Crippen molar-refractivity contribution >= 4 is 0 Å². The van der Waals surface area contributed by atoms with Crippen LogP contribution in [0.4, 0.5) is 8.78 Å². The molecule has 1 aliphatic rings. The molecule has 1 aromatic heterocycles. The molecule has 0 amide bonds. The topological polar surface area (TPSA) is 64.9 Å². The predicted molar refractivity (Wildman–Crippen MR) is 38.9 cm³/mol. The molecule has 2 rings (SSSR count). The van der Waals surface area contributed by atoms with Crippen LogP contribution >= 0.6 is 0 Å². The average Bonchev–Trinajstić information content (AvgIpc) is 2.81. The third-order valence-electron chi connectivity index (χ3n) is 2.07. The van der Waals surface area contributed by atoms with Gasteiger partial charge in [0.05, 0.1) is 6.04 Å². The van der Waals surface area contributed by atoms with Crippen molar-refractivity contribution in [3.8, 4) is 0 Å². The van der Waals surface area contributed by atoms with Crippen LogP contribution in [0.1, 0.15) is 37.0 Å². The third kappa shape index (κ3) is 1.67.